The van der Waals surface area contributed by atoms with E-state index in [-0.39, 0.29) is 11.7 Å². The van der Waals surface area contributed by atoms with Crippen molar-refractivity contribution in [1.29, 1.82) is 0 Å². The van der Waals surface area contributed by atoms with Gasteiger partial charge in [-0.3, -0.25) is 4.79 Å². The molecular formula is C24H23N3O5. The predicted molar refractivity (Wildman–Crippen MR) is 118 cm³/mol. The number of ketones is 1. The molecule has 8 nitrogen and oxygen atoms in total. The highest BCUT2D eigenvalue weighted by atomic mass is 16.4. The molecule has 4 rings (SSSR count). The van der Waals surface area contributed by atoms with Crippen molar-refractivity contribution in [2.45, 2.75) is 32.7 Å². The molecule has 0 bridgehead atoms. The van der Waals surface area contributed by atoms with E-state index in [1.807, 2.05) is 31.2 Å². The lowest BCUT2D eigenvalue weighted by atomic mass is 9.82. The van der Waals surface area contributed by atoms with E-state index in [4.69, 9.17) is 16.6 Å². The lowest BCUT2D eigenvalue weighted by Gasteiger charge is -2.22. The van der Waals surface area contributed by atoms with E-state index in [0.29, 0.717) is 25.1 Å². The van der Waals surface area contributed by atoms with E-state index in [0.717, 1.165) is 46.4 Å². The Balaban J connectivity index is 0.000000312. The van der Waals surface area contributed by atoms with Crippen LogP contribution in [0.25, 0.3) is 10.9 Å². The lowest BCUT2D eigenvalue weighted by Crippen LogP contribution is -2.25. The Bertz CT molecular complexity index is 1230. The number of nitrogens with zero attached hydrogens (tertiary/aromatic N) is 2. The quantitative estimate of drug-likeness (QED) is 0.420. The summed E-state index contributed by atoms with van der Waals surface area (Å²) in [5, 5.41) is 16.6. The summed E-state index contributed by atoms with van der Waals surface area (Å²) in [6.45, 7) is 2.51. The van der Waals surface area contributed by atoms with Gasteiger partial charge in [0.05, 0.1) is 18.6 Å². The standard InChI is InChI=1S/C20H19N3O.C4H4O4/c1-3-10-23-17-7-5-4-6-15(17)19-18(23)9-8-14(20(19)24)11-16-13(2)21-12-22-16;5-3(6)1-2-4(7)8/h1,4-7,12,14H,8-11H2,2H3,(H,21,22);1-2H,(H,5,6)(H,7,8)/b;2-1-. The zero-order chi connectivity index (χ0) is 23.3. The minimum Gasteiger partial charge on any atom is -0.478 e. The number of para-hydroxylation sites is 1. The number of aryl methyl sites for hydroxylation is 1. The van der Waals surface area contributed by atoms with Crippen LogP contribution in [0.2, 0.25) is 0 Å². The van der Waals surface area contributed by atoms with Gasteiger partial charge in [-0.05, 0) is 25.8 Å². The number of terminal acetylenes is 1. The topological polar surface area (TPSA) is 125 Å². The third-order valence-electron chi connectivity index (χ3n) is 5.42. The van der Waals surface area contributed by atoms with Crippen molar-refractivity contribution >= 4 is 28.6 Å². The summed E-state index contributed by atoms with van der Waals surface area (Å²) in [6, 6.07) is 8.06. The Hall–Kier alpha value is -4.12. The number of nitrogens with one attached hydrogen (secondary N) is 1. The van der Waals surface area contributed by atoms with Crippen LogP contribution in [0.15, 0.2) is 42.7 Å². The molecule has 1 aromatic carbocycles. The van der Waals surface area contributed by atoms with E-state index >= 15 is 0 Å². The van der Waals surface area contributed by atoms with Crippen molar-refractivity contribution in [3.8, 4) is 12.3 Å². The van der Waals surface area contributed by atoms with E-state index in [1.54, 1.807) is 6.33 Å². The van der Waals surface area contributed by atoms with Gasteiger partial charge in [0.2, 0.25) is 0 Å². The average molecular weight is 433 g/mol. The fourth-order valence-electron chi connectivity index (χ4n) is 3.97. The number of carbonyl (C=O) groups excluding carboxylic acids is 1. The number of fused-ring (bicyclic) bond motifs is 3. The Morgan fingerprint density at radius 3 is 2.56 bits per heavy atom. The Labute approximate surface area is 184 Å². The number of carboxylic acids is 2. The number of carbonyl (C=O) groups is 3. The molecule has 0 saturated carbocycles. The molecule has 0 spiro atoms. The van der Waals surface area contributed by atoms with Gasteiger partial charge in [0, 0.05) is 52.3 Å². The minimum atomic E-state index is -1.26. The van der Waals surface area contributed by atoms with E-state index in [2.05, 4.69) is 20.5 Å². The average Bonchev–Trinajstić information content (AvgIpc) is 3.31. The van der Waals surface area contributed by atoms with Gasteiger partial charge in [-0.2, -0.15) is 0 Å². The summed E-state index contributed by atoms with van der Waals surface area (Å²) in [7, 11) is 0. The maximum Gasteiger partial charge on any atom is 0.328 e. The zero-order valence-electron chi connectivity index (χ0n) is 17.5. The second-order valence-electron chi connectivity index (χ2n) is 7.42. The Morgan fingerprint density at radius 1 is 1.28 bits per heavy atom. The highest BCUT2D eigenvalue weighted by molar-refractivity contribution is 6.11. The molecule has 2 heterocycles. The zero-order valence-corrected chi connectivity index (χ0v) is 17.5. The first kappa shape index (κ1) is 22.6. The molecule has 0 saturated heterocycles. The fraction of sp³-hybridized carbons (Fsp3) is 0.250. The first-order valence-electron chi connectivity index (χ1n) is 10.0. The van der Waals surface area contributed by atoms with Crippen molar-refractivity contribution in [1.82, 2.24) is 14.5 Å². The van der Waals surface area contributed by atoms with Crippen LogP contribution in [-0.4, -0.2) is 42.5 Å². The van der Waals surface area contributed by atoms with Crippen molar-refractivity contribution in [2.75, 3.05) is 0 Å². The first-order valence-corrected chi connectivity index (χ1v) is 10.0. The van der Waals surface area contributed by atoms with Gasteiger partial charge in [0.15, 0.2) is 5.78 Å². The van der Waals surface area contributed by atoms with Crippen molar-refractivity contribution in [3.63, 3.8) is 0 Å². The van der Waals surface area contributed by atoms with Gasteiger partial charge in [-0.15, -0.1) is 6.42 Å². The first-order chi connectivity index (χ1) is 15.3. The second-order valence-corrected chi connectivity index (χ2v) is 7.42. The number of H-pyrrole nitrogens is 1. The highest BCUT2D eigenvalue weighted by Crippen LogP contribution is 2.35. The molecule has 164 valence electrons. The SMILES string of the molecule is C#CCn1c2c(c3ccccc31)C(=O)C(Cc1nc[nH]c1C)CC2.O=C(O)/C=C\C(=O)O. The van der Waals surface area contributed by atoms with Gasteiger partial charge in [-0.25, -0.2) is 14.6 Å². The maximum atomic E-state index is 13.2. The number of hydrogen-bond donors (Lipinski definition) is 3. The number of aliphatic carboxylic acids is 2. The number of aromatic amines is 1. The maximum absolute atomic E-state index is 13.2. The van der Waals surface area contributed by atoms with Crippen LogP contribution >= 0.6 is 0 Å². The second kappa shape index (κ2) is 9.79. The Morgan fingerprint density at radius 2 is 1.97 bits per heavy atom. The van der Waals surface area contributed by atoms with Gasteiger partial charge in [-0.1, -0.05) is 24.1 Å². The molecule has 1 aliphatic carbocycles. The molecule has 1 unspecified atom stereocenters. The molecule has 0 aliphatic heterocycles. The van der Waals surface area contributed by atoms with Gasteiger partial charge in [0.25, 0.3) is 0 Å². The number of hydrogen-bond acceptors (Lipinski definition) is 4. The largest absolute Gasteiger partial charge is 0.478 e. The summed E-state index contributed by atoms with van der Waals surface area (Å²) in [6.07, 6.45) is 10.8. The monoisotopic (exact) mass is 433 g/mol. The third-order valence-corrected chi connectivity index (χ3v) is 5.42. The van der Waals surface area contributed by atoms with E-state index < -0.39 is 11.9 Å². The number of aromatic nitrogens is 3. The van der Waals surface area contributed by atoms with Crippen LogP contribution in [0.4, 0.5) is 0 Å². The number of Topliss-reactive ketones (excluding diaryl/α,β-unsaturated/α-hetero) is 1. The van der Waals surface area contributed by atoms with Crippen LogP contribution in [0.1, 0.15) is 33.9 Å². The molecular weight excluding hydrogens is 410 g/mol. The van der Waals surface area contributed by atoms with Crippen molar-refractivity contribution in [3.05, 3.63) is 65.4 Å². The molecule has 32 heavy (non-hydrogen) atoms. The van der Waals surface area contributed by atoms with Crippen LogP contribution in [0.3, 0.4) is 0 Å². The molecule has 3 N–H and O–H groups in total. The molecule has 0 fully saturated rings. The van der Waals surface area contributed by atoms with Gasteiger partial charge in [0.1, 0.15) is 0 Å². The molecule has 0 radical (unpaired) electrons. The molecule has 1 aliphatic rings. The van der Waals surface area contributed by atoms with Gasteiger partial charge < -0.3 is 19.8 Å². The van der Waals surface area contributed by atoms with Crippen molar-refractivity contribution < 1.29 is 24.6 Å². The molecule has 3 aromatic rings. The summed E-state index contributed by atoms with van der Waals surface area (Å²) in [4.78, 5) is 39.7. The highest BCUT2D eigenvalue weighted by Gasteiger charge is 2.33. The molecule has 0 amide bonds. The summed E-state index contributed by atoms with van der Waals surface area (Å²) in [5.74, 6) is 0.423. The third kappa shape index (κ3) is 4.78. The number of imidazole rings is 1. The smallest absolute Gasteiger partial charge is 0.328 e. The normalized spacial score (nSPS) is 15.1. The molecule has 2 aromatic heterocycles. The van der Waals surface area contributed by atoms with Crippen molar-refractivity contribution in [2.24, 2.45) is 5.92 Å². The summed E-state index contributed by atoms with van der Waals surface area (Å²) in [5.41, 5.74) is 5.05. The Kier molecular flexibility index (Phi) is 6.90. The van der Waals surface area contributed by atoms with Gasteiger partial charge >= 0.3 is 11.9 Å². The summed E-state index contributed by atoms with van der Waals surface area (Å²) < 4.78 is 2.12. The molecule has 1 atom stereocenters. The fourth-order valence-corrected chi connectivity index (χ4v) is 3.97. The molecule has 8 heteroatoms. The number of rotatable bonds is 5. The van der Waals surface area contributed by atoms with Crippen LogP contribution in [0.5, 0.6) is 0 Å². The van der Waals surface area contributed by atoms with Crippen LogP contribution < -0.4 is 0 Å². The van der Waals surface area contributed by atoms with E-state index in [9.17, 15) is 14.4 Å². The lowest BCUT2D eigenvalue weighted by molar-refractivity contribution is -0.134. The number of carboxylic acid groups (broad SMARTS) is 2. The minimum absolute atomic E-state index is 0.00964. The van der Waals surface area contributed by atoms with Crippen LogP contribution in [0, 0.1) is 25.2 Å². The summed E-state index contributed by atoms with van der Waals surface area (Å²) >= 11 is 0. The predicted octanol–water partition coefficient (Wildman–Crippen LogP) is 3.01. The van der Waals surface area contributed by atoms with Crippen LogP contribution in [-0.2, 0) is 29.0 Å². The van der Waals surface area contributed by atoms with E-state index in [1.165, 1.54) is 0 Å². The number of benzene rings is 1.